The number of alkyl halides is 1. The molecule has 0 radical (unpaired) electrons. The monoisotopic (exact) mass is 327 g/mol. The molecule has 23 heavy (non-hydrogen) atoms. The number of aryl methyl sites for hydroxylation is 1. The van der Waals surface area contributed by atoms with Crippen molar-refractivity contribution in [3.05, 3.63) is 23.3 Å². The number of hydrogen-bond acceptors (Lipinski definition) is 4. The van der Waals surface area contributed by atoms with Gasteiger partial charge in [0, 0.05) is 12.0 Å². The van der Waals surface area contributed by atoms with E-state index in [9.17, 15) is 9.18 Å². The third-order valence-corrected chi connectivity index (χ3v) is 3.70. The van der Waals surface area contributed by atoms with E-state index in [1.54, 1.807) is 14.2 Å². The van der Waals surface area contributed by atoms with Crippen LogP contribution in [0.15, 0.2) is 12.1 Å². The fourth-order valence-electron chi connectivity index (χ4n) is 2.47. The van der Waals surface area contributed by atoms with Crippen molar-refractivity contribution in [2.45, 2.75) is 45.1 Å². The second-order valence-corrected chi connectivity index (χ2v) is 5.29. The van der Waals surface area contributed by atoms with E-state index in [4.69, 9.17) is 19.9 Å². The Morgan fingerprint density at radius 3 is 2.30 bits per heavy atom. The van der Waals surface area contributed by atoms with Gasteiger partial charge in [-0.15, -0.1) is 0 Å². The number of carbonyl (C=O) groups excluding carboxylic acids is 1. The molecule has 6 heteroatoms. The second-order valence-electron chi connectivity index (χ2n) is 5.29. The van der Waals surface area contributed by atoms with E-state index in [0.717, 1.165) is 29.7 Å². The molecule has 1 atom stereocenters. The Kier molecular flexibility index (Phi) is 8.22. The highest BCUT2D eigenvalue weighted by Crippen LogP contribution is 2.31. The van der Waals surface area contributed by atoms with Gasteiger partial charge in [0.15, 0.2) is 0 Å². The summed E-state index contributed by atoms with van der Waals surface area (Å²) >= 11 is 0. The van der Waals surface area contributed by atoms with Crippen molar-refractivity contribution in [3.8, 4) is 11.5 Å². The minimum Gasteiger partial charge on any atom is -0.496 e. The molecule has 0 bridgehead atoms. The Morgan fingerprint density at radius 1 is 1.17 bits per heavy atom. The summed E-state index contributed by atoms with van der Waals surface area (Å²) in [7, 11) is 3.19. The highest BCUT2D eigenvalue weighted by atomic mass is 19.1. The minimum atomic E-state index is -0.786. The largest absolute Gasteiger partial charge is 0.496 e. The summed E-state index contributed by atoms with van der Waals surface area (Å²) in [6, 6.07) is 3.79. The summed E-state index contributed by atoms with van der Waals surface area (Å²) in [6.07, 6.45) is 2.03. The lowest BCUT2D eigenvalue weighted by molar-refractivity contribution is 0.104. The van der Waals surface area contributed by atoms with E-state index in [0.29, 0.717) is 25.0 Å². The van der Waals surface area contributed by atoms with Crippen LogP contribution in [-0.4, -0.2) is 33.1 Å². The first-order chi connectivity index (χ1) is 11.0. The van der Waals surface area contributed by atoms with Gasteiger partial charge in [-0.3, -0.25) is 4.39 Å². The Hall–Kier alpha value is -1.98. The fourth-order valence-corrected chi connectivity index (χ4v) is 2.47. The standard InChI is InChI=1S/C17H26FNO4/c1-4-14(23-17(19)20)9-13-11-15(21-2)12(7-5-6-8-18)10-16(13)22-3/h10-11,14H,4-9H2,1-3H3,(H2,19,20). The molecule has 1 aromatic carbocycles. The summed E-state index contributed by atoms with van der Waals surface area (Å²) in [4.78, 5) is 11.0. The smallest absolute Gasteiger partial charge is 0.404 e. The van der Waals surface area contributed by atoms with Crippen molar-refractivity contribution in [2.75, 3.05) is 20.9 Å². The van der Waals surface area contributed by atoms with Crippen molar-refractivity contribution in [3.63, 3.8) is 0 Å². The summed E-state index contributed by atoms with van der Waals surface area (Å²) in [5, 5.41) is 0. The number of benzene rings is 1. The first-order valence-electron chi connectivity index (χ1n) is 7.81. The predicted octanol–water partition coefficient (Wildman–Crippen LogP) is 3.41. The Morgan fingerprint density at radius 2 is 1.78 bits per heavy atom. The summed E-state index contributed by atoms with van der Waals surface area (Å²) < 4.78 is 28.2. The predicted molar refractivity (Wildman–Crippen MR) is 86.9 cm³/mol. The molecule has 1 aromatic rings. The van der Waals surface area contributed by atoms with Gasteiger partial charge in [0.1, 0.15) is 17.6 Å². The highest BCUT2D eigenvalue weighted by Gasteiger charge is 2.17. The second kappa shape index (κ2) is 9.92. The van der Waals surface area contributed by atoms with E-state index in [1.165, 1.54) is 0 Å². The molecular formula is C17H26FNO4. The van der Waals surface area contributed by atoms with Crippen LogP contribution in [0.4, 0.5) is 9.18 Å². The van der Waals surface area contributed by atoms with E-state index >= 15 is 0 Å². The number of ether oxygens (including phenoxy) is 3. The Balaban J connectivity index is 3.00. The van der Waals surface area contributed by atoms with Gasteiger partial charge in [-0.1, -0.05) is 6.92 Å². The molecule has 0 heterocycles. The number of primary amides is 1. The maximum absolute atomic E-state index is 12.3. The molecule has 0 aliphatic rings. The molecule has 130 valence electrons. The number of unbranched alkanes of at least 4 members (excludes halogenated alkanes) is 1. The van der Waals surface area contributed by atoms with Crippen LogP contribution in [0.1, 0.15) is 37.3 Å². The van der Waals surface area contributed by atoms with Crippen molar-refractivity contribution in [1.82, 2.24) is 0 Å². The lowest BCUT2D eigenvalue weighted by Crippen LogP contribution is -2.24. The van der Waals surface area contributed by atoms with Crippen LogP contribution in [0.5, 0.6) is 11.5 Å². The topological polar surface area (TPSA) is 70.8 Å². The van der Waals surface area contributed by atoms with Crippen molar-refractivity contribution in [2.24, 2.45) is 5.73 Å². The van der Waals surface area contributed by atoms with Gasteiger partial charge >= 0.3 is 6.09 Å². The maximum atomic E-state index is 12.3. The molecule has 0 aromatic heterocycles. The van der Waals surface area contributed by atoms with Crippen LogP contribution in [0.25, 0.3) is 0 Å². The Labute approximate surface area is 136 Å². The van der Waals surface area contributed by atoms with Crippen LogP contribution < -0.4 is 15.2 Å². The van der Waals surface area contributed by atoms with Crippen molar-refractivity contribution >= 4 is 6.09 Å². The van der Waals surface area contributed by atoms with Crippen molar-refractivity contribution < 1.29 is 23.4 Å². The molecule has 0 aliphatic carbocycles. The van der Waals surface area contributed by atoms with Gasteiger partial charge in [-0.25, -0.2) is 4.79 Å². The zero-order chi connectivity index (χ0) is 17.2. The van der Waals surface area contributed by atoms with E-state index in [2.05, 4.69) is 0 Å². The number of carbonyl (C=O) groups is 1. The average molecular weight is 327 g/mol. The SMILES string of the molecule is CCC(Cc1cc(OC)c(CCCCF)cc1OC)OC(N)=O. The third-order valence-electron chi connectivity index (χ3n) is 3.70. The Bertz CT molecular complexity index is 508. The molecule has 0 saturated carbocycles. The summed E-state index contributed by atoms with van der Waals surface area (Å²) in [5.41, 5.74) is 6.95. The third kappa shape index (κ3) is 5.96. The average Bonchev–Trinajstić information content (AvgIpc) is 2.54. The number of hydrogen-bond donors (Lipinski definition) is 1. The normalized spacial score (nSPS) is 11.8. The molecule has 0 saturated heterocycles. The van der Waals surface area contributed by atoms with Crippen LogP contribution >= 0.6 is 0 Å². The first kappa shape index (κ1) is 19.1. The lowest BCUT2D eigenvalue weighted by atomic mass is 9.99. The van der Waals surface area contributed by atoms with Crippen LogP contribution in [0.2, 0.25) is 0 Å². The zero-order valence-corrected chi connectivity index (χ0v) is 14.1. The van der Waals surface area contributed by atoms with E-state index < -0.39 is 6.09 Å². The number of halogens is 1. The van der Waals surface area contributed by atoms with E-state index in [-0.39, 0.29) is 12.8 Å². The fraction of sp³-hybridized carbons (Fsp3) is 0.588. The molecule has 0 fully saturated rings. The lowest BCUT2D eigenvalue weighted by Gasteiger charge is -2.19. The van der Waals surface area contributed by atoms with Crippen LogP contribution in [0.3, 0.4) is 0 Å². The first-order valence-corrected chi connectivity index (χ1v) is 7.81. The molecular weight excluding hydrogens is 301 g/mol. The van der Waals surface area contributed by atoms with Gasteiger partial charge in [-0.2, -0.15) is 0 Å². The molecule has 2 N–H and O–H groups in total. The van der Waals surface area contributed by atoms with Gasteiger partial charge in [0.05, 0.1) is 20.9 Å². The van der Waals surface area contributed by atoms with Crippen LogP contribution in [-0.2, 0) is 17.6 Å². The summed E-state index contributed by atoms with van der Waals surface area (Å²) in [6.45, 7) is 1.60. The minimum absolute atomic E-state index is 0.316. The number of amides is 1. The van der Waals surface area contributed by atoms with E-state index in [1.807, 2.05) is 19.1 Å². The number of methoxy groups -OCH3 is 2. The van der Waals surface area contributed by atoms with Crippen LogP contribution in [0, 0.1) is 0 Å². The molecule has 1 unspecified atom stereocenters. The molecule has 1 amide bonds. The number of rotatable bonds is 10. The van der Waals surface area contributed by atoms with Crippen molar-refractivity contribution in [1.29, 1.82) is 0 Å². The quantitative estimate of drug-likeness (QED) is 0.669. The van der Waals surface area contributed by atoms with Gasteiger partial charge in [-0.05, 0) is 43.4 Å². The molecule has 1 rings (SSSR count). The van der Waals surface area contributed by atoms with Gasteiger partial charge in [0.2, 0.25) is 0 Å². The number of nitrogens with two attached hydrogens (primary N) is 1. The molecule has 5 nitrogen and oxygen atoms in total. The van der Waals surface area contributed by atoms with Gasteiger partial charge in [0.25, 0.3) is 0 Å². The highest BCUT2D eigenvalue weighted by molar-refractivity contribution is 5.64. The molecule has 0 aliphatic heterocycles. The van der Waals surface area contributed by atoms with Gasteiger partial charge < -0.3 is 19.9 Å². The summed E-state index contributed by atoms with van der Waals surface area (Å²) in [5.74, 6) is 1.43. The maximum Gasteiger partial charge on any atom is 0.404 e. The zero-order valence-electron chi connectivity index (χ0n) is 14.1. The molecule has 0 spiro atoms.